The van der Waals surface area contributed by atoms with Gasteiger partial charge in [0.1, 0.15) is 0 Å². The van der Waals surface area contributed by atoms with Gasteiger partial charge in [0.05, 0.1) is 6.10 Å². The average molecular weight is 259 g/mol. The van der Waals surface area contributed by atoms with Gasteiger partial charge in [-0.2, -0.15) is 0 Å². The number of nitrogens with zero attached hydrogens (tertiary/aromatic N) is 1. The molecule has 0 spiro atoms. The second-order valence-corrected chi connectivity index (χ2v) is 6.84. The minimum atomic E-state index is -0.0246. The lowest BCUT2D eigenvalue weighted by molar-refractivity contribution is -0.00435. The number of hydrogen-bond acceptors (Lipinski definition) is 2. The topological polar surface area (TPSA) is 23.5 Å². The van der Waals surface area contributed by atoms with Crippen LogP contribution in [0.2, 0.25) is 0 Å². The van der Waals surface area contributed by atoms with Crippen LogP contribution in [0.15, 0.2) is 24.3 Å². The van der Waals surface area contributed by atoms with Crippen LogP contribution in [-0.2, 0) is 13.0 Å². The van der Waals surface area contributed by atoms with E-state index in [2.05, 4.69) is 43.0 Å². The lowest BCUT2D eigenvalue weighted by Gasteiger charge is -2.35. The first-order valence-corrected chi connectivity index (χ1v) is 7.60. The molecular weight excluding hydrogens is 234 g/mol. The first-order chi connectivity index (χ1) is 9.11. The maximum atomic E-state index is 9.70. The predicted molar refractivity (Wildman–Crippen MR) is 77.9 cm³/mol. The van der Waals surface area contributed by atoms with Gasteiger partial charge in [0.25, 0.3) is 0 Å². The van der Waals surface area contributed by atoms with Crippen molar-refractivity contribution >= 4 is 0 Å². The zero-order chi connectivity index (χ0) is 13.4. The smallest absolute Gasteiger partial charge is 0.0587 e. The van der Waals surface area contributed by atoms with E-state index < -0.39 is 0 Å². The third kappa shape index (κ3) is 2.85. The van der Waals surface area contributed by atoms with E-state index >= 15 is 0 Å². The molecule has 3 rings (SSSR count). The van der Waals surface area contributed by atoms with Crippen molar-refractivity contribution in [2.75, 3.05) is 13.1 Å². The van der Waals surface area contributed by atoms with Crippen LogP contribution in [0.1, 0.15) is 31.4 Å². The molecule has 1 heterocycles. The Morgan fingerprint density at radius 2 is 1.84 bits per heavy atom. The summed E-state index contributed by atoms with van der Waals surface area (Å²) in [5, 5.41) is 9.70. The monoisotopic (exact) mass is 259 g/mol. The van der Waals surface area contributed by atoms with Gasteiger partial charge in [-0.15, -0.1) is 0 Å². The summed E-state index contributed by atoms with van der Waals surface area (Å²) in [6.07, 6.45) is 2.16. The van der Waals surface area contributed by atoms with E-state index in [1.807, 2.05) is 0 Å². The number of fused-ring (bicyclic) bond motifs is 1. The van der Waals surface area contributed by atoms with Crippen molar-refractivity contribution in [1.82, 2.24) is 4.90 Å². The van der Waals surface area contributed by atoms with Gasteiger partial charge in [0.2, 0.25) is 0 Å². The zero-order valence-electron chi connectivity index (χ0n) is 12.0. The summed E-state index contributed by atoms with van der Waals surface area (Å²) >= 11 is 0. The van der Waals surface area contributed by atoms with E-state index in [-0.39, 0.29) is 6.10 Å². The molecular formula is C17H25NO. The van der Waals surface area contributed by atoms with E-state index in [4.69, 9.17) is 0 Å². The summed E-state index contributed by atoms with van der Waals surface area (Å²) in [6.45, 7) is 7.83. The van der Waals surface area contributed by atoms with Crippen molar-refractivity contribution in [2.24, 2.45) is 17.8 Å². The molecule has 2 fully saturated rings. The fourth-order valence-corrected chi connectivity index (χ4v) is 3.60. The Labute approximate surface area is 116 Å². The van der Waals surface area contributed by atoms with E-state index in [9.17, 15) is 5.11 Å². The predicted octanol–water partition coefficient (Wildman–Crippen LogP) is 2.70. The van der Waals surface area contributed by atoms with Crippen LogP contribution >= 0.6 is 0 Å². The average Bonchev–Trinajstić information content (AvgIpc) is 2.68. The molecule has 19 heavy (non-hydrogen) atoms. The summed E-state index contributed by atoms with van der Waals surface area (Å²) in [4.78, 5) is 2.50. The minimum Gasteiger partial charge on any atom is -0.393 e. The van der Waals surface area contributed by atoms with Gasteiger partial charge in [-0.1, -0.05) is 38.1 Å². The highest BCUT2D eigenvalue weighted by Gasteiger charge is 2.45. The molecule has 0 radical (unpaired) electrons. The fraction of sp³-hybridized carbons (Fsp3) is 0.647. The number of rotatable bonds is 4. The molecule has 1 aliphatic heterocycles. The Morgan fingerprint density at radius 3 is 2.42 bits per heavy atom. The second-order valence-electron chi connectivity index (χ2n) is 6.84. The molecule has 1 aromatic carbocycles. The van der Waals surface area contributed by atoms with Crippen molar-refractivity contribution < 1.29 is 5.11 Å². The molecule has 0 unspecified atom stereocenters. The lowest BCUT2D eigenvalue weighted by Crippen LogP contribution is -2.39. The molecule has 0 bridgehead atoms. The third-order valence-corrected chi connectivity index (χ3v) is 4.68. The van der Waals surface area contributed by atoms with Crippen molar-refractivity contribution in [3.05, 3.63) is 35.4 Å². The van der Waals surface area contributed by atoms with Crippen molar-refractivity contribution in [2.45, 2.75) is 39.3 Å². The number of aliphatic hydroxyl groups excluding tert-OH is 1. The van der Waals surface area contributed by atoms with Crippen LogP contribution in [0.25, 0.3) is 0 Å². The summed E-state index contributed by atoms with van der Waals surface area (Å²) in [6, 6.07) is 9.09. The van der Waals surface area contributed by atoms with E-state index in [1.165, 1.54) is 24.1 Å². The van der Waals surface area contributed by atoms with E-state index in [1.54, 1.807) is 0 Å². The third-order valence-electron chi connectivity index (χ3n) is 4.68. The molecule has 1 saturated heterocycles. The molecule has 1 aliphatic carbocycles. The van der Waals surface area contributed by atoms with Crippen LogP contribution in [-0.4, -0.2) is 29.2 Å². The SMILES string of the molecule is CC(C)Cc1ccc(CN2C[C@H]3C[C@H](O)[C@H]3C2)cc1. The normalized spacial score (nSPS) is 30.4. The molecule has 2 aliphatic rings. The Kier molecular flexibility index (Phi) is 3.64. The second kappa shape index (κ2) is 5.26. The largest absolute Gasteiger partial charge is 0.393 e. The van der Waals surface area contributed by atoms with E-state index in [0.717, 1.165) is 31.3 Å². The van der Waals surface area contributed by atoms with Crippen molar-refractivity contribution in [1.29, 1.82) is 0 Å². The fourth-order valence-electron chi connectivity index (χ4n) is 3.60. The van der Waals surface area contributed by atoms with Crippen LogP contribution in [0, 0.1) is 17.8 Å². The van der Waals surface area contributed by atoms with Gasteiger partial charge in [-0.3, -0.25) is 4.90 Å². The molecule has 104 valence electrons. The van der Waals surface area contributed by atoms with Crippen molar-refractivity contribution in [3.8, 4) is 0 Å². The zero-order valence-corrected chi connectivity index (χ0v) is 12.0. The maximum Gasteiger partial charge on any atom is 0.0587 e. The number of benzene rings is 1. The lowest BCUT2D eigenvalue weighted by atomic mass is 9.74. The quantitative estimate of drug-likeness (QED) is 0.898. The molecule has 2 nitrogen and oxygen atoms in total. The Morgan fingerprint density at radius 1 is 1.16 bits per heavy atom. The first-order valence-electron chi connectivity index (χ1n) is 7.60. The summed E-state index contributed by atoms with van der Waals surface area (Å²) < 4.78 is 0. The molecule has 1 saturated carbocycles. The molecule has 1 N–H and O–H groups in total. The molecule has 0 aromatic heterocycles. The van der Waals surface area contributed by atoms with Crippen LogP contribution < -0.4 is 0 Å². The van der Waals surface area contributed by atoms with Crippen molar-refractivity contribution in [3.63, 3.8) is 0 Å². The summed E-state index contributed by atoms with van der Waals surface area (Å²) in [7, 11) is 0. The highest BCUT2D eigenvalue weighted by Crippen LogP contribution is 2.41. The van der Waals surface area contributed by atoms with Crippen LogP contribution in [0.3, 0.4) is 0 Å². The molecule has 0 amide bonds. The van der Waals surface area contributed by atoms with Gasteiger partial charge in [0, 0.05) is 25.6 Å². The van der Waals surface area contributed by atoms with E-state index in [0.29, 0.717) is 5.92 Å². The number of likely N-dealkylation sites (tertiary alicyclic amines) is 1. The summed E-state index contributed by atoms with van der Waals surface area (Å²) in [5.74, 6) is 2.04. The van der Waals surface area contributed by atoms with Crippen LogP contribution in [0.4, 0.5) is 0 Å². The Bertz CT molecular complexity index is 425. The minimum absolute atomic E-state index is 0.0246. The highest BCUT2D eigenvalue weighted by molar-refractivity contribution is 5.23. The number of aliphatic hydroxyl groups is 1. The van der Waals surface area contributed by atoms with Gasteiger partial charge >= 0.3 is 0 Å². The number of hydrogen-bond donors (Lipinski definition) is 1. The molecule has 2 heteroatoms. The van der Waals surface area contributed by atoms with Gasteiger partial charge < -0.3 is 5.11 Å². The molecule has 1 aromatic rings. The summed E-state index contributed by atoms with van der Waals surface area (Å²) in [5.41, 5.74) is 2.85. The highest BCUT2D eigenvalue weighted by atomic mass is 16.3. The molecule has 3 atom stereocenters. The first kappa shape index (κ1) is 13.1. The van der Waals surface area contributed by atoms with Gasteiger partial charge in [-0.25, -0.2) is 0 Å². The maximum absolute atomic E-state index is 9.70. The Hall–Kier alpha value is -0.860. The van der Waals surface area contributed by atoms with Crippen LogP contribution in [0.5, 0.6) is 0 Å². The standard InChI is InChI=1S/C17H25NO/c1-12(2)7-13-3-5-14(6-4-13)9-18-10-15-8-17(19)16(15)11-18/h3-6,12,15-17,19H,7-11H2,1-2H3/t15-,16+,17+/m1/s1. The van der Waals surface area contributed by atoms with Gasteiger partial charge in [-0.05, 0) is 35.8 Å². The van der Waals surface area contributed by atoms with Gasteiger partial charge in [0.15, 0.2) is 0 Å². The Balaban J connectivity index is 1.55.